The molecule has 1 rings (SSSR count). The Balaban J connectivity index is 2.45. The number of thioether (sulfide) groups is 1. The maximum Gasteiger partial charge on any atom is 0.307 e. The number of carbonyl (C=O) groups is 2. The third kappa shape index (κ3) is 2.45. The molecular formula is C10H17NO3S. The second-order valence-corrected chi connectivity index (χ2v) is 5.38. The summed E-state index contributed by atoms with van der Waals surface area (Å²) in [4.78, 5) is 22.5. The van der Waals surface area contributed by atoms with Crippen molar-refractivity contribution in [1.29, 1.82) is 0 Å². The Kier molecular flexibility index (Phi) is 3.65. The molecule has 4 nitrogen and oxygen atoms in total. The molecule has 2 N–H and O–H groups in total. The van der Waals surface area contributed by atoms with Gasteiger partial charge in [-0.3, -0.25) is 9.59 Å². The van der Waals surface area contributed by atoms with Gasteiger partial charge in [-0.15, -0.1) is 0 Å². The van der Waals surface area contributed by atoms with Crippen LogP contribution < -0.4 is 5.32 Å². The Morgan fingerprint density at radius 3 is 2.40 bits per heavy atom. The number of carboxylic acid groups (broad SMARTS) is 1. The van der Waals surface area contributed by atoms with E-state index in [1.807, 2.05) is 20.1 Å². The van der Waals surface area contributed by atoms with Crippen molar-refractivity contribution >= 4 is 23.6 Å². The smallest absolute Gasteiger partial charge is 0.307 e. The lowest BCUT2D eigenvalue weighted by atomic mass is 10.1. The minimum absolute atomic E-state index is 0.124. The molecule has 0 aromatic heterocycles. The van der Waals surface area contributed by atoms with Crippen molar-refractivity contribution in [3.8, 4) is 0 Å². The van der Waals surface area contributed by atoms with Gasteiger partial charge in [-0.2, -0.15) is 11.8 Å². The van der Waals surface area contributed by atoms with Gasteiger partial charge in [0.1, 0.15) is 0 Å². The third-order valence-electron chi connectivity index (χ3n) is 2.98. The number of nitrogens with one attached hydrogen (secondary N) is 1. The van der Waals surface area contributed by atoms with Gasteiger partial charge in [-0.05, 0) is 11.7 Å². The van der Waals surface area contributed by atoms with Crippen LogP contribution in [-0.2, 0) is 9.59 Å². The van der Waals surface area contributed by atoms with E-state index in [-0.39, 0.29) is 11.8 Å². The molecule has 0 heterocycles. The van der Waals surface area contributed by atoms with Gasteiger partial charge in [0.2, 0.25) is 5.91 Å². The molecular weight excluding hydrogens is 214 g/mol. The first-order valence-corrected chi connectivity index (χ1v) is 6.31. The van der Waals surface area contributed by atoms with Crippen molar-refractivity contribution in [2.24, 2.45) is 17.3 Å². The highest BCUT2D eigenvalue weighted by Crippen LogP contribution is 2.58. The summed E-state index contributed by atoms with van der Waals surface area (Å²) in [6.07, 6.45) is 1.97. The molecule has 0 aromatic rings. The molecule has 15 heavy (non-hydrogen) atoms. The number of amides is 1. The topological polar surface area (TPSA) is 66.4 Å². The van der Waals surface area contributed by atoms with Crippen molar-refractivity contribution in [3.05, 3.63) is 0 Å². The van der Waals surface area contributed by atoms with Crippen LogP contribution >= 0.6 is 11.8 Å². The van der Waals surface area contributed by atoms with E-state index < -0.39 is 17.3 Å². The molecule has 0 saturated heterocycles. The Morgan fingerprint density at radius 1 is 1.40 bits per heavy atom. The van der Waals surface area contributed by atoms with E-state index in [4.69, 9.17) is 5.11 Å². The lowest BCUT2D eigenvalue weighted by Crippen LogP contribution is -2.29. The normalized spacial score (nSPS) is 27.1. The molecule has 0 bridgehead atoms. The van der Waals surface area contributed by atoms with Crippen molar-refractivity contribution in [1.82, 2.24) is 5.32 Å². The maximum atomic E-state index is 11.6. The van der Waals surface area contributed by atoms with E-state index in [0.29, 0.717) is 6.54 Å². The lowest BCUT2D eigenvalue weighted by Gasteiger charge is -2.04. The molecule has 1 aliphatic rings. The van der Waals surface area contributed by atoms with Crippen LogP contribution in [-0.4, -0.2) is 35.5 Å². The predicted molar refractivity (Wildman–Crippen MR) is 59.8 cm³/mol. The summed E-state index contributed by atoms with van der Waals surface area (Å²) >= 11 is 1.65. The van der Waals surface area contributed by atoms with Crippen LogP contribution in [0.5, 0.6) is 0 Å². The molecule has 0 spiro atoms. The Labute approximate surface area is 93.8 Å². The number of rotatable bonds is 5. The average molecular weight is 231 g/mol. The number of hydrogen-bond acceptors (Lipinski definition) is 3. The van der Waals surface area contributed by atoms with Gasteiger partial charge in [-0.1, -0.05) is 13.8 Å². The monoisotopic (exact) mass is 231 g/mol. The Hall–Kier alpha value is -0.710. The molecule has 2 atom stereocenters. The van der Waals surface area contributed by atoms with E-state index >= 15 is 0 Å². The molecule has 0 radical (unpaired) electrons. The quantitative estimate of drug-likeness (QED) is 0.688. The predicted octanol–water partition coefficient (Wildman–Crippen LogP) is 0.822. The number of carboxylic acids is 1. The highest BCUT2D eigenvalue weighted by atomic mass is 32.2. The number of carbonyl (C=O) groups excluding carboxylic acids is 1. The first-order valence-electron chi connectivity index (χ1n) is 4.92. The van der Waals surface area contributed by atoms with E-state index in [0.717, 1.165) is 5.75 Å². The summed E-state index contributed by atoms with van der Waals surface area (Å²) in [5, 5.41) is 11.7. The second kappa shape index (κ2) is 4.43. The minimum atomic E-state index is -0.870. The van der Waals surface area contributed by atoms with Gasteiger partial charge < -0.3 is 10.4 Å². The number of aliphatic carboxylic acids is 1. The molecule has 1 amide bonds. The van der Waals surface area contributed by atoms with E-state index in [1.165, 1.54) is 0 Å². The van der Waals surface area contributed by atoms with Crippen molar-refractivity contribution in [3.63, 3.8) is 0 Å². The third-order valence-corrected chi connectivity index (χ3v) is 3.59. The first kappa shape index (κ1) is 12.4. The largest absolute Gasteiger partial charge is 0.481 e. The summed E-state index contributed by atoms with van der Waals surface area (Å²) in [6, 6.07) is 0. The fourth-order valence-electron chi connectivity index (χ4n) is 1.97. The van der Waals surface area contributed by atoms with Crippen molar-refractivity contribution in [2.75, 3.05) is 18.6 Å². The second-order valence-electron chi connectivity index (χ2n) is 4.40. The van der Waals surface area contributed by atoms with Crippen molar-refractivity contribution < 1.29 is 14.7 Å². The van der Waals surface area contributed by atoms with Crippen LogP contribution in [0.1, 0.15) is 13.8 Å². The minimum Gasteiger partial charge on any atom is -0.481 e. The zero-order chi connectivity index (χ0) is 11.6. The summed E-state index contributed by atoms with van der Waals surface area (Å²) in [5.74, 6) is -1.02. The van der Waals surface area contributed by atoms with E-state index in [2.05, 4.69) is 5.32 Å². The van der Waals surface area contributed by atoms with Gasteiger partial charge in [-0.25, -0.2) is 0 Å². The van der Waals surface area contributed by atoms with Gasteiger partial charge in [0.15, 0.2) is 0 Å². The van der Waals surface area contributed by atoms with Crippen LogP contribution in [0.2, 0.25) is 0 Å². The fraction of sp³-hybridized carbons (Fsp3) is 0.800. The maximum absolute atomic E-state index is 11.6. The van der Waals surface area contributed by atoms with E-state index in [9.17, 15) is 9.59 Å². The van der Waals surface area contributed by atoms with Crippen LogP contribution in [0, 0.1) is 17.3 Å². The lowest BCUT2D eigenvalue weighted by molar-refractivity contribution is -0.140. The Morgan fingerprint density at radius 2 is 2.00 bits per heavy atom. The average Bonchev–Trinajstić information content (AvgIpc) is 2.69. The number of hydrogen-bond donors (Lipinski definition) is 2. The van der Waals surface area contributed by atoms with Crippen LogP contribution in [0.15, 0.2) is 0 Å². The molecule has 0 aliphatic heterocycles. The van der Waals surface area contributed by atoms with Gasteiger partial charge in [0, 0.05) is 12.3 Å². The van der Waals surface area contributed by atoms with Crippen LogP contribution in [0.3, 0.4) is 0 Å². The molecule has 86 valence electrons. The summed E-state index contributed by atoms with van der Waals surface area (Å²) in [7, 11) is 0. The van der Waals surface area contributed by atoms with Crippen LogP contribution in [0.4, 0.5) is 0 Å². The summed E-state index contributed by atoms with van der Waals surface area (Å²) in [5.41, 5.74) is -0.394. The molecule has 1 aliphatic carbocycles. The molecule has 2 unspecified atom stereocenters. The standard InChI is InChI=1S/C10H17NO3S/c1-10(2)6(7(10)9(13)14)8(12)11-4-5-15-3/h6-7H,4-5H2,1-3H3,(H,11,12)(H,13,14). The highest BCUT2D eigenvalue weighted by Gasteiger charge is 2.65. The van der Waals surface area contributed by atoms with E-state index in [1.54, 1.807) is 11.8 Å². The molecule has 1 saturated carbocycles. The van der Waals surface area contributed by atoms with Crippen LogP contribution in [0.25, 0.3) is 0 Å². The highest BCUT2D eigenvalue weighted by molar-refractivity contribution is 7.98. The molecule has 1 fully saturated rings. The van der Waals surface area contributed by atoms with Gasteiger partial charge in [0.05, 0.1) is 11.8 Å². The molecule has 5 heteroatoms. The zero-order valence-corrected chi connectivity index (χ0v) is 10.1. The fourth-order valence-corrected chi connectivity index (χ4v) is 2.28. The summed E-state index contributed by atoms with van der Waals surface area (Å²) < 4.78 is 0. The molecule has 0 aromatic carbocycles. The SMILES string of the molecule is CSCCNC(=O)C1C(C(=O)O)C1(C)C. The Bertz CT molecular complexity index is 278. The van der Waals surface area contributed by atoms with Crippen molar-refractivity contribution in [2.45, 2.75) is 13.8 Å². The first-order chi connectivity index (χ1) is 6.92. The van der Waals surface area contributed by atoms with Gasteiger partial charge >= 0.3 is 5.97 Å². The zero-order valence-electron chi connectivity index (χ0n) is 9.24. The van der Waals surface area contributed by atoms with Gasteiger partial charge in [0.25, 0.3) is 0 Å². The summed E-state index contributed by atoms with van der Waals surface area (Å²) in [6.45, 7) is 4.26.